The summed E-state index contributed by atoms with van der Waals surface area (Å²) in [6.45, 7) is 5.94. The topological polar surface area (TPSA) is 64.6 Å². The minimum absolute atomic E-state index is 0. The molecule has 2 aromatic rings. The quantitative estimate of drug-likeness (QED) is 0.395. The van der Waals surface area contributed by atoms with Gasteiger partial charge in [-0.25, -0.2) is 4.79 Å². The van der Waals surface area contributed by atoms with E-state index >= 15 is 0 Å². The van der Waals surface area contributed by atoms with Gasteiger partial charge in [-0.1, -0.05) is 37.6 Å². The molecule has 0 heterocycles. The maximum atomic E-state index is 12.4. The van der Waals surface area contributed by atoms with Crippen LogP contribution in [0.1, 0.15) is 40.7 Å². The van der Waals surface area contributed by atoms with Crippen LogP contribution in [0.15, 0.2) is 42.5 Å². The molecule has 0 aliphatic rings. The van der Waals surface area contributed by atoms with Gasteiger partial charge in [-0.15, -0.1) is 24.0 Å². The zero-order valence-electron chi connectivity index (χ0n) is 16.3. The zero-order chi connectivity index (χ0) is 20.0. The lowest BCUT2D eigenvalue weighted by molar-refractivity contribution is -0.137. The third-order valence-corrected chi connectivity index (χ3v) is 4.29. The van der Waals surface area contributed by atoms with Crippen LogP contribution in [0.3, 0.4) is 0 Å². The molecule has 152 valence electrons. The maximum Gasteiger partial charge on any atom is 0.343 e. The van der Waals surface area contributed by atoms with Gasteiger partial charge in [0.15, 0.2) is 11.5 Å². The number of nitrogens with one attached hydrogen (secondary N) is 1. The maximum absolute atomic E-state index is 12.4. The van der Waals surface area contributed by atoms with Crippen LogP contribution in [0.5, 0.6) is 11.5 Å². The molecule has 28 heavy (non-hydrogen) atoms. The molecular formula is C21H25Cl2NO4. The molecule has 2 rings (SSSR count). The van der Waals surface area contributed by atoms with Crippen LogP contribution in [-0.4, -0.2) is 25.5 Å². The Labute approximate surface area is 176 Å². The van der Waals surface area contributed by atoms with Gasteiger partial charge in [0.2, 0.25) is 0 Å². The second kappa shape index (κ2) is 11.1. The lowest BCUT2D eigenvalue weighted by Crippen LogP contribution is -2.17. The Morgan fingerprint density at radius 2 is 1.68 bits per heavy atom. The first kappa shape index (κ1) is 24.0. The fraction of sp³-hybridized carbons (Fsp3) is 0.333. The summed E-state index contributed by atoms with van der Waals surface area (Å²) in [5, 5.41) is 2.68. The van der Waals surface area contributed by atoms with E-state index < -0.39 is 11.9 Å². The summed E-state index contributed by atoms with van der Waals surface area (Å²) in [7, 11) is 1.80. The van der Waals surface area contributed by atoms with Gasteiger partial charge in [-0.3, -0.25) is 4.79 Å². The molecule has 5 nitrogen and oxygen atoms in total. The lowest BCUT2D eigenvalue weighted by Gasteiger charge is -2.15. The number of carbonyl (C=O) groups excluding carboxylic acids is 2. The van der Waals surface area contributed by atoms with Crippen LogP contribution >= 0.6 is 24.0 Å². The second-order valence-corrected chi connectivity index (χ2v) is 7.09. The Hall–Kier alpha value is -2.08. The number of rotatable bonds is 7. The molecule has 0 radical (unpaired) electrons. The first-order chi connectivity index (χ1) is 12.8. The fourth-order valence-corrected chi connectivity index (χ4v) is 2.55. The van der Waals surface area contributed by atoms with E-state index in [0.717, 1.165) is 11.1 Å². The zero-order valence-corrected chi connectivity index (χ0v) is 17.9. The highest BCUT2D eigenvalue weighted by Gasteiger charge is 2.19. The number of likely N-dealkylation sites (N-methyl/N-ethyl adjacent to an activating group) is 1. The minimum Gasteiger partial charge on any atom is -0.422 e. The third kappa shape index (κ3) is 6.51. The molecule has 0 bridgehead atoms. The van der Waals surface area contributed by atoms with Crippen molar-refractivity contribution in [3.05, 3.63) is 59.2 Å². The van der Waals surface area contributed by atoms with E-state index in [1.165, 1.54) is 0 Å². The summed E-state index contributed by atoms with van der Waals surface area (Å²) in [5.41, 5.74) is 2.21. The van der Waals surface area contributed by atoms with Crippen LogP contribution in [0.25, 0.3) is 0 Å². The summed E-state index contributed by atoms with van der Waals surface area (Å²) < 4.78 is 10.9. The summed E-state index contributed by atoms with van der Waals surface area (Å²) >= 11 is 6.34. The van der Waals surface area contributed by atoms with E-state index in [-0.39, 0.29) is 35.2 Å². The van der Waals surface area contributed by atoms with Crippen LogP contribution in [0.2, 0.25) is 0 Å². The molecule has 0 fully saturated rings. The van der Waals surface area contributed by atoms with Crippen molar-refractivity contribution in [1.29, 1.82) is 0 Å². The van der Waals surface area contributed by atoms with Crippen molar-refractivity contribution in [2.75, 3.05) is 13.6 Å². The molecular weight excluding hydrogens is 401 g/mol. The summed E-state index contributed by atoms with van der Waals surface area (Å²) in [6, 6.07) is 12.0. The van der Waals surface area contributed by atoms with Gasteiger partial charge < -0.3 is 14.8 Å². The minimum atomic E-state index is -0.526. The number of aryl methyl sites for hydroxylation is 1. The molecule has 2 aromatic carbocycles. The number of carbonyl (C=O) groups is 2. The third-order valence-electron chi connectivity index (χ3n) is 3.88. The average Bonchev–Trinajstić information content (AvgIpc) is 2.63. The van der Waals surface area contributed by atoms with Crippen molar-refractivity contribution in [3.8, 4) is 11.5 Å². The molecule has 1 unspecified atom stereocenters. The van der Waals surface area contributed by atoms with Crippen LogP contribution in [0.4, 0.5) is 0 Å². The molecule has 0 aliphatic carbocycles. The van der Waals surface area contributed by atoms with Crippen molar-refractivity contribution >= 4 is 35.9 Å². The largest absolute Gasteiger partial charge is 0.422 e. The molecule has 1 N–H and O–H groups in total. The van der Waals surface area contributed by atoms with Crippen molar-refractivity contribution in [2.45, 2.75) is 26.1 Å². The van der Waals surface area contributed by atoms with Gasteiger partial charge >= 0.3 is 11.9 Å². The predicted octanol–water partition coefficient (Wildman–Crippen LogP) is 4.70. The SMILES string of the molecule is CNCC(Cl)c1ccc(OC(=O)c2ccc(C)cc2)c(OC(=O)C(C)C)c1.Cl. The Balaban J connectivity index is 0.00000392. The van der Waals surface area contributed by atoms with Crippen LogP contribution in [0, 0.1) is 12.8 Å². The van der Waals surface area contributed by atoms with E-state index in [4.69, 9.17) is 21.1 Å². The Bertz CT molecular complexity index is 807. The van der Waals surface area contributed by atoms with Crippen LogP contribution < -0.4 is 14.8 Å². The van der Waals surface area contributed by atoms with Crippen molar-refractivity contribution < 1.29 is 19.1 Å². The van der Waals surface area contributed by atoms with E-state index in [0.29, 0.717) is 12.1 Å². The van der Waals surface area contributed by atoms with Gasteiger partial charge in [-0.2, -0.15) is 0 Å². The summed E-state index contributed by atoms with van der Waals surface area (Å²) in [4.78, 5) is 24.5. The molecule has 1 atom stereocenters. The Kier molecular flexibility index (Phi) is 9.46. The molecule has 0 spiro atoms. The number of ether oxygens (including phenoxy) is 2. The molecule has 0 aromatic heterocycles. The van der Waals surface area contributed by atoms with E-state index in [2.05, 4.69) is 5.32 Å². The van der Waals surface area contributed by atoms with E-state index in [1.54, 1.807) is 51.2 Å². The number of hydrogen-bond donors (Lipinski definition) is 1. The highest BCUT2D eigenvalue weighted by Crippen LogP contribution is 2.33. The van der Waals surface area contributed by atoms with Crippen molar-refractivity contribution in [3.63, 3.8) is 0 Å². The molecule has 0 saturated carbocycles. The number of esters is 2. The van der Waals surface area contributed by atoms with Gasteiger partial charge in [-0.05, 0) is 43.8 Å². The standard InChI is InChI=1S/C21H24ClNO4.ClH/c1-13(2)20(24)27-19-11-16(17(22)12-23-4)9-10-18(19)26-21(25)15-7-5-14(3)6-8-15;/h5-11,13,17,23H,12H2,1-4H3;1H. The first-order valence-electron chi connectivity index (χ1n) is 8.75. The van der Waals surface area contributed by atoms with Crippen LogP contribution in [-0.2, 0) is 4.79 Å². The number of benzene rings is 2. The van der Waals surface area contributed by atoms with E-state index in [1.807, 2.05) is 19.1 Å². The number of alkyl halides is 1. The first-order valence-corrected chi connectivity index (χ1v) is 9.18. The molecule has 0 saturated heterocycles. The highest BCUT2D eigenvalue weighted by molar-refractivity contribution is 6.21. The fourth-order valence-electron chi connectivity index (χ4n) is 2.26. The van der Waals surface area contributed by atoms with Crippen molar-refractivity contribution in [2.24, 2.45) is 5.92 Å². The lowest BCUT2D eigenvalue weighted by atomic mass is 10.1. The predicted molar refractivity (Wildman–Crippen MR) is 113 cm³/mol. The molecule has 0 amide bonds. The van der Waals surface area contributed by atoms with Crippen molar-refractivity contribution in [1.82, 2.24) is 5.32 Å². The smallest absolute Gasteiger partial charge is 0.343 e. The van der Waals surface area contributed by atoms with E-state index in [9.17, 15) is 9.59 Å². The molecule has 7 heteroatoms. The highest BCUT2D eigenvalue weighted by atomic mass is 35.5. The summed E-state index contributed by atoms with van der Waals surface area (Å²) in [6.07, 6.45) is 0. The Morgan fingerprint density at radius 3 is 2.25 bits per heavy atom. The second-order valence-electron chi connectivity index (χ2n) is 6.56. The van der Waals surface area contributed by atoms with Gasteiger partial charge in [0.1, 0.15) is 0 Å². The van der Waals surface area contributed by atoms with Gasteiger partial charge in [0.25, 0.3) is 0 Å². The normalized spacial score (nSPS) is 11.5. The number of halogens is 2. The Morgan fingerprint density at radius 1 is 1.04 bits per heavy atom. The number of hydrogen-bond acceptors (Lipinski definition) is 5. The molecule has 0 aliphatic heterocycles. The average molecular weight is 426 g/mol. The monoisotopic (exact) mass is 425 g/mol. The van der Waals surface area contributed by atoms with Gasteiger partial charge in [0, 0.05) is 6.54 Å². The van der Waals surface area contributed by atoms with Gasteiger partial charge in [0.05, 0.1) is 16.9 Å². The summed E-state index contributed by atoms with van der Waals surface area (Å²) in [5.74, 6) is -0.916.